The van der Waals surface area contributed by atoms with Gasteiger partial charge in [-0.15, -0.1) is 0 Å². The van der Waals surface area contributed by atoms with Crippen molar-refractivity contribution in [2.24, 2.45) is 0 Å². The van der Waals surface area contributed by atoms with E-state index in [1.807, 2.05) is 18.2 Å². The lowest BCUT2D eigenvalue weighted by Gasteiger charge is -2.12. The lowest BCUT2D eigenvalue weighted by Crippen LogP contribution is -2.06. The van der Waals surface area contributed by atoms with Gasteiger partial charge in [-0.05, 0) is 57.9 Å². The van der Waals surface area contributed by atoms with E-state index >= 15 is 0 Å². The molecule has 0 aliphatic rings. The highest BCUT2D eigenvalue weighted by Crippen LogP contribution is 2.43. The number of aromatic nitrogens is 5. The Morgan fingerprint density at radius 2 is 0.780 bits per heavy atom. The summed E-state index contributed by atoms with van der Waals surface area (Å²) >= 11 is 0. The Labute approximate surface area is 286 Å². The summed E-state index contributed by atoms with van der Waals surface area (Å²) in [5.41, 5.74) is 7.40. The van der Waals surface area contributed by atoms with Gasteiger partial charge in [0.1, 0.15) is 0 Å². The fourth-order valence-electron chi connectivity index (χ4n) is 8.02. The van der Waals surface area contributed by atoms with Crippen LogP contribution in [0.3, 0.4) is 0 Å². The third kappa shape index (κ3) is 3.80. The van der Waals surface area contributed by atoms with Crippen LogP contribution in [0.2, 0.25) is 0 Å². The van der Waals surface area contributed by atoms with Crippen molar-refractivity contribution in [2.75, 3.05) is 0 Å². The van der Waals surface area contributed by atoms with Crippen molar-refractivity contribution in [1.29, 1.82) is 0 Å². The van der Waals surface area contributed by atoms with Crippen molar-refractivity contribution >= 4 is 65.2 Å². The molecular formula is C45H27N5. The fourth-order valence-corrected chi connectivity index (χ4v) is 8.02. The number of hydrogen-bond donors (Lipinski definition) is 0. The number of hydrogen-bond acceptors (Lipinski definition) is 3. The van der Waals surface area contributed by atoms with Crippen LogP contribution in [0.4, 0.5) is 0 Å². The van der Waals surface area contributed by atoms with Crippen molar-refractivity contribution in [3.8, 4) is 34.4 Å². The average molecular weight is 638 g/mol. The molecule has 50 heavy (non-hydrogen) atoms. The average Bonchev–Trinajstić information content (AvgIpc) is 3.71. The van der Waals surface area contributed by atoms with Crippen LogP contribution in [-0.2, 0) is 0 Å². The molecule has 11 rings (SSSR count). The molecule has 0 unspecified atom stereocenters. The lowest BCUT2D eigenvalue weighted by molar-refractivity contribution is 0.953. The summed E-state index contributed by atoms with van der Waals surface area (Å²) in [6, 6.07) is 57.7. The molecule has 0 fully saturated rings. The monoisotopic (exact) mass is 637 g/mol. The van der Waals surface area contributed by atoms with Crippen LogP contribution in [0.25, 0.3) is 99.6 Å². The van der Waals surface area contributed by atoms with E-state index in [1.165, 1.54) is 43.4 Å². The van der Waals surface area contributed by atoms with Crippen LogP contribution < -0.4 is 0 Å². The first-order valence-electron chi connectivity index (χ1n) is 16.9. The first-order valence-corrected chi connectivity index (χ1v) is 16.9. The minimum atomic E-state index is 0.589. The van der Waals surface area contributed by atoms with E-state index in [4.69, 9.17) is 15.0 Å². The summed E-state index contributed by atoms with van der Waals surface area (Å²) < 4.78 is 4.55. The SMILES string of the molecule is c1ccc(-c2nc(-c3cccc(-n4c5cccc6c7ccccc7c7cccc4c7c65)c3)nc(-n3c4ccccc4c4ccccc43)n2)cc1. The van der Waals surface area contributed by atoms with Crippen molar-refractivity contribution in [3.05, 3.63) is 164 Å². The fraction of sp³-hybridized carbons (Fsp3) is 0. The Morgan fingerprint density at radius 3 is 1.40 bits per heavy atom. The number of para-hydroxylation sites is 2. The van der Waals surface area contributed by atoms with Crippen molar-refractivity contribution in [3.63, 3.8) is 0 Å². The molecule has 0 aliphatic heterocycles. The summed E-state index contributed by atoms with van der Waals surface area (Å²) in [7, 11) is 0. The summed E-state index contributed by atoms with van der Waals surface area (Å²) in [5, 5.41) is 10.0. The molecule has 0 atom stereocenters. The van der Waals surface area contributed by atoms with Crippen LogP contribution in [0.1, 0.15) is 0 Å². The predicted octanol–water partition coefficient (Wildman–Crippen LogP) is 11.1. The standard InChI is InChI=1S/C45H27N5/c1-2-13-28(14-3-1)43-46-44(48-45(47-43)50-37-23-8-6-19-33(37)34-20-7-9-24-38(34)50)29-15-10-16-30(27-29)49-39-25-11-21-35-31-17-4-5-18-32(31)36-22-12-26-40(49)42(36)41(35)39/h1-27H. The van der Waals surface area contributed by atoms with Gasteiger partial charge in [0, 0.05) is 38.4 Å². The Morgan fingerprint density at radius 1 is 0.320 bits per heavy atom. The normalized spacial score (nSPS) is 12.0. The minimum absolute atomic E-state index is 0.589. The smallest absolute Gasteiger partial charge is 0.238 e. The Hall–Kier alpha value is -6.85. The molecule has 11 aromatic rings. The van der Waals surface area contributed by atoms with E-state index in [0.717, 1.165) is 38.6 Å². The van der Waals surface area contributed by atoms with Crippen LogP contribution in [0.15, 0.2) is 164 Å². The number of fused-ring (bicyclic) bond motifs is 6. The second-order valence-electron chi connectivity index (χ2n) is 12.8. The molecule has 0 N–H and O–H groups in total. The zero-order valence-corrected chi connectivity index (χ0v) is 26.8. The van der Waals surface area contributed by atoms with Crippen LogP contribution in [-0.4, -0.2) is 24.1 Å². The van der Waals surface area contributed by atoms with E-state index in [0.29, 0.717) is 17.6 Å². The van der Waals surface area contributed by atoms with Gasteiger partial charge in [-0.3, -0.25) is 4.57 Å². The van der Waals surface area contributed by atoms with Gasteiger partial charge in [-0.2, -0.15) is 9.97 Å². The third-order valence-corrected chi connectivity index (χ3v) is 10.1. The lowest BCUT2D eigenvalue weighted by atomic mass is 9.95. The molecule has 5 nitrogen and oxygen atoms in total. The van der Waals surface area contributed by atoms with E-state index in [2.05, 4.69) is 155 Å². The highest BCUT2D eigenvalue weighted by atomic mass is 15.2. The van der Waals surface area contributed by atoms with Gasteiger partial charge in [-0.25, -0.2) is 4.98 Å². The van der Waals surface area contributed by atoms with Gasteiger partial charge < -0.3 is 4.57 Å². The Kier molecular flexibility index (Phi) is 5.60. The van der Waals surface area contributed by atoms with Gasteiger partial charge in [0.05, 0.1) is 22.1 Å². The van der Waals surface area contributed by atoms with Crippen molar-refractivity contribution < 1.29 is 0 Å². The second-order valence-corrected chi connectivity index (χ2v) is 12.8. The summed E-state index contributed by atoms with van der Waals surface area (Å²) in [5.74, 6) is 1.84. The first-order chi connectivity index (χ1) is 24.8. The molecule has 5 heteroatoms. The largest absolute Gasteiger partial charge is 0.309 e. The third-order valence-electron chi connectivity index (χ3n) is 10.1. The van der Waals surface area contributed by atoms with Gasteiger partial charge in [0.25, 0.3) is 0 Å². The van der Waals surface area contributed by atoms with Crippen LogP contribution >= 0.6 is 0 Å². The maximum absolute atomic E-state index is 5.22. The van der Waals surface area contributed by atoms with E-state index < -0.39 is 0 Å². The molecule has 0 saturated heterocycles. The zero-order valence-electron chi connectivity index (χ0n) is 26.8. The maximum Gasteiger partial charge on any atom is 0.238 e. The zero-order chi connectivity index (χ0) is 32.8. The molecule has 0 aliphatic carbocycles. The molecule has 0 amide bonds. The van der Waals surface area contributed by atoms with Crippen LogP contribution in [0, 0.1) is 0 Å². The highest BCUT2D eigenvalue weighted by molar-refractivity contribution is 6.34. The molecule has 8 aromatic carbocycles. The second kappa shape index (κ2) is 10.3. The quantitative estimate of drug-likeness (QED) is 0.180. The number of rotatable bonds is 4. The number of nitrogens with zero attached hydrogens (tertiary/aromatic N) is 5. The van der Waals surface area contributed by atoms with Gasteiger partial charge in [0.15, 0.2) is 11.6 Å². The molecule has 232 valence electrons. The predicted molar refractivity (Wildman–Crippen MR) is 206 cm³/mol. The summed E-state index contributed by atoms with van der Waals surface area (Å²) in [6.07, 6.45) is 0. The number of benzene rings is 8. The molecule has 3 aromatic heterocycles. The summed E-state index contributed by atoms with van der Waals surface area (Å²) in [4.78, 5) is 15.4. The van der Waals surface area contributed by atoms with Crippen molar-refractivity contribution in [1.82, 2.24) is 24.1 Å². The molecular weight excluding hydrogens is 611 g/mol. The van der Waals surface area contributed by atoms with E-state index in [-0.39, 0.29) is 0 Å². The Balaban J connectivity index is 1.17. The van der Waals surface area contributed by atoms with Crippen molar-refractivity contribution in [2.45, 2.75) is 0 Å². The molecule has 0 saturated carbocycles. The van der Waals surface area contributed by atoms with E-state index in [9.17, 15) is 0 Å². The minimum Gasteiger partial charge on any atom is -0.309 e. The molecule has 3 heterocycles. The van der Waals surface area contributed by atoms with Gasteiger partial charge in [0.2, 0.25) is 5.95 Å². The summed E-state index contributed by atoms with van der Waals surface area (Å²) in [6.45, 7) is 0. The van der Waals surface area contributed by atoms with Crippen LogP contribution in [0.5, 0.6) is 0 Å². The molecule has 0 bridgehead atoms. The highest BCUT2D eigenvalue weighted by Gasteiger charge is 2.21. The topological polar surface area (TPSA) is 48.5 Å². The first kappa shape index (κ1) is 27.1. The van der Waals surface area contributed by atoms with Gasteiger partial charge >= 0.3 is 0 Å². The molecule has 0 spiro atoms. The Bertz CT molecular complexity index is 2960. The van der Waals surface area contributed by atoms with E-state index in [1.54, 1.807) is 0 Å². The van der Waals surface area contributed by atoms with Gasteiger partial charge in [-0.1, -0.05) is 127 Å². The molecule has 0 radical (unpaired) electrons. The maximum atomic E-state index is 5.22.